The van der Waals surface area contributed by atoms with Crippen LogP contribution in [-0.2, 0) is 13.2 Å². The van der Waals surface area contributed by atoms with Gasteiger partial charge in [-0.2, -0.15) is 0 Å². The number of halogens is 2. The first-order valence-electron chi connectivity index (χ1n) is 5.96. The molecular weight excluding hydrogens is 362 g/mol. The molecule has 0 amide bonds. The molecule has 0 aliphatic carbocycles. The molecule has 0 saturated heterocycles. The molecule has 2 rings (SSSR count). The number of rotatable bonds is 5. The van der Waals surface area contributed by atoms with Crippen LogP contribution in [0.25, 0.3) is 0 Å². The van der Waals surface area contributed by atoms with Crippen LogP contribution in [0.4, 0.5) is 5.69 Å². The Morgan fingerprint density at radius 2 is 2.00 bits per heavy atom. The molecule has 0 aliphatic heterocycles. The summed E-state index contributed by atoms with van der Waals surface area (Å²) in [6.45, 7) is -0.113. The summed E-state index contributed by atoms with van der Waals surface area (Å²) >= 11 is 9.16. The van der Waals surface area contributed by atoms with E-state index in [0.717, 1.165) is 4.47 Å². The first-order valence-corrected chi connectivity index (χ1v) is 7.13. The van der Waals surface area contributed by atoms with Crippen LogP contribution in [0.3, 0.4) is 0 Å². The van der Waals surface area contributed by atoms with Gasteiger partial charge in [0.1, 0.15) is 12.4 Å². The fourth-order valence-corrected chi connectivity index (χ4v) is 2.34. The molecule has 0 saturated carbocycles. The number of hydrogen-bond donors (Lipinski definition) is 1. The maximum Gasteiger partial charge on any atom is 0.276 e. The molecule has 0 aliphatic rings. The van der Waals surface area contributed by atoms with Crippen molar-refractivity contribution in [1.29, 1.82) is 0 Å². The highest BCUT2D eigenvalue weighted by Crippen LogP contribution is 2.26. The predicted molar refractivity (Wildman–Crippen MR) is 82.5 cm³/mol. The fourth-order valence-electron chi connectivity index (χ4n) is 1.77. The molecule has 0 heterocycles. The average molecular weight is 373 g/mol. The van der Waals surface area contributed by atoms with E-state index in [-0.39, 0.29) is 18.9 Å². The summed E-state index contributed by atoms with van der Waals surface area (Å²) in [5, 5.41) is 20.6. The highest BCUT2D eigenvalue weighted by molar-refractivity contribution is 9.10. The third-order valence-corrected chi connectivity index (χ3v) is 3.83. The van der Waals surface area contributed by atoms with Crippen LogP contribution in [0.2, 0.25) is 5.02 Å². The Hall–Kier alpha value is -1.63. The van der Waals surface area contributed by atoms with Crippen LogP contribution in [0, 0.1) is 10.1 Å². The maximum absolute atomic E-state index is 11.0. The third kappa shape index (κ3) is 3.93. The van der Waals surface area contributed by atoms with Crippen molar-refractivity contribution in [2.45, 2.75) is 13.2 Å². The van der Waals surface area contributed by atoms with Gasteiger partial charge in [-0.15, -0.1) is 0 Å². The first-order chi connectivity index (χ1) is 10.0. The maximum atomic E-state index is 11.0. The molecule has 2 aromatic rings. The quantitative estimate of drug-likeness (QED) is 0.634. The highest BCUT2D eigenvalue weighted by Gasteiger charge is 2.14. The van der Waals surface area contributed by atoms with Crippen molar-refractivity contribution in [3.8, 4) is 5.75 Å². The molecule has 21 heavy (non-hydrogen) atoms. The van der Waals surface area contributed by atoms with Gasteiger partial charge in [0.2, 0.25) is 0 Å². The number of nitro groups is 1. The molecule has 1 N–H and O–H groups in total. The lowest BCUT2D eigenvalue weighted by Crippen LogP contribution is -2.01. The van der Waals surface area contributed by atoms with E-state index >= 15 is 0 Å². The zero-order valence-electron chi connectivity index (χ0n) is 10.8. The van der Waals surface area contributed by atoms with Crippen molar-refractivity contribution in [1.82, 2.24) is 0 Å². The van der Waals surface area contributed by atoms with Gasteiger partial charge in [-0.05, 0) is 35.9 Å². The van der Waals surface area contributed by atoms with E-state index in [9.17, 15) is 15.2 Å². The van der Waals surface area contributed by atoms with Gasteiger partial charge in [0.25, 0.3) is 5.69 Å². The van der Waals surface area contributed by atoms with Gasteiger partial charge in [0, 0.05) is 15.6 Å². The Bertz CT molecular complexity index is 678. The molecule has 5 nitrogen and oxygen atoms in total. The van der Waals surface area contributed by atoms with Crippen LogP contribution in [-0.4, -0.2) is 10.0 Å². The van der Waals surface area contributed by atoms with Crippen LogP contribution < -0.4 is 4.74 Å². The molecule has 7 heteroatoms. The second-order valence-electron chi connectivity index (χ2n) is 4.23. The summed E-state index contributed by atoms with van der Waals surface area (Å²) in [5.74, 6) is 0.511. The van der Waals surface area contributed by atoms with Gasteiger partial charge in [-0.1, -0.05) is 27.5 Å². The zero-order valence-corrected chi connectivity index (χ0v) is 13.1. The zero-order chi connectivity index (χ0) is 15.4. The van der Waals surface area contributed by atoms with Crippen molar-refractivity contribution in [2.75, 3.05) is 0 Å². The predicted octanol–water partition coefficient (Wildman–Crippen LogP) is 4.08. The Morgan fingerprint density at radius 1 is 1.24 bits per heavy atom. The topological polar surface area (TPSA) is 72.6 Å². The lowest BCUT2D eigenvalue weighted by atomic mass is 10.2. The molecular formula is C14H11BrClNO4. The van der Waals surface area contributed by atoms with Crippen molar-refractivity contribution in [3.63, 3.8) is 0 Å². The van der Waals surface area contributed by atoms with E-state index in [0.29, 0.717) is 21.9 Å². The fraction of sp³-hybridized carbons (Fsp3) is 0.143. The van der Waals surface area contributed by atoms with E-state index in [2.05, 4.69) is 15.9 Å². The summed E-state index contributed by atoms with van der Waals surface area (Å²) < 4.78 is 6.31. The van der Waals surface area contributed by atoms with Crippen molar-refractivity contribution in [2.24, 2.45) is 0 Å². The Balaban J connectivity index is 2.20. The SMILES string of the molecule is O=[N+]([O-])c1ccc(Cl)cc1COc1ccc(Br)c(CO)c1. The van der Waals surface area contributed by atoms with Crippen LogP contribution in [0.5, 0.6) is 5.75 Å². The number of nitro benzene ring substituents is 1. The summed E-state index contributed by atoms with van der Waals surface area (Å²) in [4.78, 5) is 10.5. The molecule has 2 aromatic carbocycles. The smallest absolute Gasteiger partial charge is 0.276 e. The molecule has 0 atom stereocenters. The first kappa shape index (κ1) is 15.8. The van der Waals surface area contributed by atoms with Gasteiger partial charge >= 0.3 is 0 Å². The van der Waals surface area contributed by atoms with Gasteiger partial charge < -0.3 is 9.84 Å². The summed E-state index contributed by atoms with van der Waals surface area (Å²) in [5.41, 5.74) is 1.02. The molecule has 0 unspecified atom stereocenters. The second-order valence-corrected chi connectivity index (χ2v) is 5.52. The Labute approximate surface area is 134 Å². The van der Waals surface area contributed by atoms with E-state index in [1.165, 1.54) is 18.2 Å². The van der Waals surface area contributed by atoms with E-state index in [4.69, 9.17) is 16.3 Å². The normalized spacial score (nSPS) is 10.4. The van der Waals surface area contributed by atoms with Crippen molar-refractivity contribution in [3.05, 3.63) is 67.1 Å². The minimum Gasteiger partial charge on any atom is -0.489 e. The monoisotopic (exact) mass is 371 g/mol. The minimum atomic E-state index is -0.476. The van der Waals surface area contributed by atoms with Gasteiger partial charge in [-0.25, -0.2) is 0 Å². The number of nitrogens with zero attached hydrogens (tertiary/aromatic N) is 1. The molecule has 0 fully saturated rings. The van der Waals surface area contributed by atoms with Crippen molar-refractivity contribution < 1.29 is 14.8 Å². The molecule has 0 bridgehead atoms. The van der Waals surface area contributed by atoms with Gasteiger partial charge in [0.05, 0.1) is 17.1 Å². The highest BCUT2D eigenvalue weighted by atomic mass is 79.9. The standard InChI is InChI=1S/C14H11BrClNO4/c15-13-3-2-12(6-9(13)7-18)21-8-10-5-11(16)1-4-14(10)17(19)20/h1-6,18H,7-8H2. The molecule has 0 aromatic heterocycles. The lowest BCUT2D eigenvalue weighted by molar-refractivity contribution is -0.385. The van der Waals surface area contributed by atoms with Crippen LogP contribution >= 0.6 is 27.5 Å². The summed E-state index contributed by atoms with van der Waals surface area (Å²) in [7, 11) is 0. The third-order valence-electron chi connectivity index (χ3n) is 2.82. The summed E-state index contributed by atoms with van der Waals surface area (Å²) in [6, 6.07) is 9.44. The number of benzene rings is 2. The minimum absolute atomic E-state index is 0.0172. The van der Waals surface area contributed by atoms with Gasteiger partial charge in [0.15, 0.2) is 0 Å². The second kappa shape index (κ2) is 6.89. The average Bonchev–Trinajstić information content (AvgIpc) is 2.46. The van der Waals surface area contributed by atoms with E-state index in [1.807, 2.05) is 0 Å². The number of aliphatic hydroxyl groups excluding tert-OH is 1. The van der Waals surface area contributed by atoms with Gasteiger partial charge in [-0.3, -0.25) is 10.1 Å². The van der Waals surface area contributed by atoms with E-state index < -0.39 is 4.92 Å². The van der Waals surface area contributed by atoms with E-state index in [1.54, 1.807) is 18.2 Å². The summed E-state index contributed by atoms with van der Waals surface area (Å²) in [6.07, 6.45) is 0. The number of hydrogen-bond acceptors (Lipinski definition) is 4. The van der Waals surface area contributed by atoms with Crippen LogP contribution in [0.1, 0.15) is 11.1 Å². The van der Waals surface area contributed by atoms with Crippen LogP contribution in [0.15, 0.2) is 40.9 Å². The largest absolute Gasteiger partial charge is 0.489 e. The molecule has 0 spiro atoms. The molecule has 110 valence electrons. The Morgan fingerprint density at radius 3 is 2.67 bits per heavy atom. The molecule has 0 radical (unpaired) electrons. The number of ether oxygens (including phenoxy) is 1. The number of aliphatic hydroxyl groups is 1. The van der Waals surface area contributed by atoms with Crippen molar-refractivity contribution >= 4 is 33.2 Å². The Kier molecular flexibility index (Phi) is 5.17. The lowest BCUT2D eigenvalue weighted by Gasteiger charge is -2.09.